The first-order chi connectivity index (χ1) is 8.34. The fraction of sp³-hybridized carbons (Fsp3) is 0.0909. The van der Waals surface area contributed by atoms with Crippen molar-refractivity contribution in [1.29, 1.82) is 0 Å². The minimum absolute atomic E-state index is 0.201. The molecule has 0 spiro atoms. The zero-order valence-corrected chi connectivity index (χ0v) is 9.02. The number of hydrogen-bond acceptors (Lipinski definition) is 4. The highest BCUT2D eigenvalue weighted by molar-refractivity contribution is 5.82. The fourth-order valence-corrected chi connectivity index (χ4v) is 1.21. The van der Waals surface area contributed by atoms with Gasteiger partial charge in [-0.2, -0.15) is 5.10 Å². The number of rotatable bonds is 4. The highest BCUT2D eigenvalue weighted by Gasteiger charge is 1.99. The first kappa shape index (κ1) is 11.0. The summed E-state index contributed by atoms with van der Waals surface area (Å²) in [6.07, 6.45) is 9.79. The molecule has 0 saturated carbocycles. The molecule has 6 heteroatoms. The lowest BCUT2D eigenvalue weighted by molar-refractivity contribution is -0.121. The number of pyridine rings is 1. The predicted octanol–water partition coefficient (Wildman–Crippen LogP) is 0.428. The third kappa shape index (κ3) is 3.53. The molecule has 0 radical (unpaired) electrons. The van der Waals surface area contributed by atoms with Crippen LogP contribution in [-0.4, -0.2) is 26.7 Å². The van der Waals surface area contributed by atoms with Crippen LogP contribution in [0.1, 0.15) is 5.56 Å². The zero-order chi connectivity index (χ0) is 11.9. The number of aromatic nitrogens is 3. The van der Waals surface area contributed by atoms with Gasteiger partial charge in [-0.15, -0.1) is 0 Å². The van der Waals surface area contributed by atoms with E-state index in [0.29, 0.717) is 0 Å². The fourth-order valence-electron chi connectivity index (χ4n) is 1.21. The van der Waals surface area contributed by atoms with Crippen LogP contribution >= 0.6 is 0 Å². The van der Waals surface area contributed by atoms with Crippen LogP contribution in [0.5, 0.6) is 0 Å². The number of hydrogen-bond donors (Lipinski definition) is 1. The van der Waals surface area contributed by atoms with Gasteiger partial charge in [0.15, 0.2) is 0 Å². The number of hydrazone groups is 1. The average Bonchev–Trinajstić information content (AvgIpc) is 2.83. The lowest BCUT2D eigenvalue weighted by Gasteiger charge is -1.99. The molecular formula is C11H11N5O. The topological polar surface area (TPSA) is 72.2 Å². The number of imidazole rings is 1. The SMILES string of the molecule is O=C(Cn1ccnc1)N/N=C/c1ccncc1. The molecule has 0 bridgehead atoms. The molecule has 86 valence electrons. The van der Waals surface area contributed by atoms with Crippen molar-refractivity contribution in [2.24, 2.45) is 5.10 Å². The summed E-state index contributed by atoms with van der Waals surface area (Å²) in [6.45, 7) is 0.202. The number of amides is 1. The Balaban J connectivity index is 1.82. The van der Waals surface area contributed by atoms with E-state index in [0.717, 1.165) is 5.56 Å². The van der Waals surface area contributed by atoms with E-state index in [4.69, 9.17) is 0 Å². The molecule has 1 amide bonds. The molecule has 0 atom stereocenters. The van der Waals surface area contributed by atoms with Crippen LogP contribution < -0.4 is 5.43 Å². The Bertz CT molecular complexity index is 492. The summed E-state index contributed by atoms with van der Waals surface area (Å²) in [7, 11) is 0. The van der Waals surface area contributed by atoms with Crippen LogP contribution in [0.25, 0.3) is 0 Å². The maximum Gasteiger partial charge on any atom is 0.260 e. The highest BCUT2D eigenvalue weighted by Crippen LogP contribution is 1.90. The molecule has 2 aromatic heterocycles. The van der Waals surface area contributed by atoms with Crippen LogP contribution in [0.2, 0.25) is 0 Å². The summed E-state index contributed by atoms with van der Waals surface area (Å²) in [5, 5.41) is 3.84. The van der Waals surface area contributed by atoms with E-state index in [1.165, 1.54) is 0 Å². The molecule has 2 aromatic rings. The Labute approximate surface area is 98.0 Å². The standard InChI is InChI=1S/C11H11N5O/c17-11(8-16-6-5-13-9-16)15-14-7-10-1-3-12-4-2-10/h1-7,9H,8H2,(H,15,17)/b14-7+. The minimum Gasteiger partial charge on any atom is -0.328 e. The van der Waals surface area contributed by atoms with Crippen molar-refractivity contribution < 1.29 is 4.79 Å². The molecule has 0 unspecified atom stereocenters. The summed E-state index contributed by atoms with van der Waals surface area (Å²) in [6, 6.07) is 3.59. The Hall–Kier alpha value is -2.50. The average molecular weight is 229 g/mol. The van der Waals surface area contributed by atoms with Gasteiger partial charge in [0.05, 0.1) is 12.5 Å². The molecule has 17 heavy (non-hydrogen) atoms. The van der Waals surface area contributed by atoms with Crippen LogP contribution in [0.4, 0.5) is 0 Å². The van der Waals surface area contributed by atoms with Crippen LogP contribution in [0.15, 0.2) is 48.3 Å². The summed E-state index contributed by atoms with van der Waals surface area (Å²) < 4.78 is 1.66. The quantitative estimate of drug-likeness (QED) is 0.610. The van der Waals surface area contributed by atoms with Crippen LogP contribution in [-0.2, 0) is 11.3 Å². The van der Waals surface area contributed by atoms with Crippen molar-refractivity contribution >= 4 is 12.1 Å². The molecule has 0 fully saturated rings. The van der Waals surface area contributed by atoms with E-state index in [1.807, 2.05) is 0 Å². The summed E-state index contributed by atoms with van der Waals surface area (Å²) in [5.41, 5.74) is 3.31. The van der Waals surface area contributed by atoms with Gasteiger partial charge in [-0.05, 0) is 17.7 Å². The van der Waals surface area contributed by atoms with E-state index in [-0.39, 0.29) is 12.5 Å². The van der Waals surface area contributed by atoms with Gasteiger partial charge in [-0.3, -0.25) is 9.78 Å². The first-order valence-electron chi connectivity index (χ1n) is 5.02. The number of carbonyl (C=O) groups is 1. The molecule has 0 saturated heterocycles. The molecule has 1 N–H and O–H groups in total. The van der Waals surface area contributed by atoms with Gasteiger partial charge < -0.3 is 4.57 Å². The van der Waals surface area contributed by atoms with Crippen molar-refractivity contribution in [2.45, 2.75) is 6.54 Å². The van der Waals surface area contributed by atoms with Crippen LogP contribution in [0.3, 0.4) is 0 Å². The second-order valence-corrected chi connectivity index (χ2v) is 3.31. The van der Waals surface area contributed by atoms with Crippen molar-refractivity contribution in [3.63, 3.8) is 0 Å². The third-order valence-electron chi connectivity index (χ3n) is 1.99. The Morgan fingerprint density at radius 2 is 2.18 bits per heavy atom. The molecule has 0 aliphatic rings. The second-order valence-electron chi connectivity index (χ2n) is 3.31. The van der Waals surface area contributed by atoms with Crippen LogP contribution in [0, 0.1) is 0 Å². The summed E-state index contributed by atoms with van der Waals surface area (Å²) in [5.74, 6) is -0.201. The Morgan fingerprint density at radius 3 is 2.88 bits per heavy atom. The van der Waals surface area contributed by atoms with Gasteiger partial charge >= 0.3 is 0 Å². The van der Waals surface area contributed by atoms with E-state index in [1.54, 1.807) is 54.0 Å². The zero-order valence-electron chi connectivity index (χ0n) is 9.02. The molecule has 2 rings (SSSR count). The number of carbonyl (C=O) groups excluding carboxylic acids is 1. The lowest BCUT2D eigenvalue weighted by atomic mass is 10.3. The molecule has 0 aliphatic carbocycles. The van der Waals surface area contributed by atoms with Crippen molar-refractivity contribution in [1.82, 2.24) is 20.0 Å². The predicted molar refractivity (Wildman–Crippen MR) is 62.2 cm³/mol. The van der Waals surface area contributed by atoms with Gasteiger partial charge in [0.2, 0.25) is 0 Å². The largest absolute Gasteiger partial charge is 0.328 e. The lowest BCUT2D eigenvalue weighted by Crippen LogP contribution is -2.22. The summed E-state index contributed by atoms with van der Waals surface area (Å²) >= 11 is 0. The van der Waals surface area contributed by atoms with E-state index >= 15 is 0 Å². The third-order valence-corrected chi connectivity index (χ3v) is 1.99. The maximum absolute atomic E-state index is 11.4. The molecule has 0 aliphatic heterocycles. The second kappa shape index (κ2) is 5.55. The van der Waals surface area contributed by atoms with Crippen molar-refractivity contribution in [3.8, 4) is 0 Å². The van der Waals surface area contributed by atoms with Gasteiger partial charge in [0, 0.05) is 24.8 Å². The normalized spacial score (nSPS) is 10.6. The van der Waals surface area contributed by atoms with E-state index in [2.05, 4.69) is 20.5 Å². The van der Waals surface area contributed by atoms with Crippen molar-refractivity contribution in [3.05, 3.63) is 48.8 Å². The highest BCUT2D eigenvalue weighted by atomic mass is 16.2. The van der Waals surface area contributed by atoms with Gasteiger partial charge in [-0.1, -0.05) is 0 Å². The maximum atomic E-state index is 11.4. The van der Waals surface area contributed by atoms with Gasteiger partial charge in [0.25, 0.3) is 5.91 Å². The van der Waals surface area contributed by atoms with Gasteiger partial charge in [0.1, 0.15) is 6.54 Å². The first-order valence-corrected chi connectivity index (χ1v) is 5.02. The molecule has 6 nitrogen and oxygen atoms in total. The molecule has 0 aromatic carbocycles. The van der Waals surface area contributed by atoms with Crippen molar-refractivity contribution in [2.75, 3.05) is 0 Å². The molecule has 2 heterocycles. The minimum atomic E-state index is -0.201. The Morgan fingerprint density at radius 1 is 1.35 bits per heavy atom. The Kier molecular flexibility index (Phi) is 3.59. The molecular weight excluding hydrogens is 218 g/mol. The van der Waals surface area contributed by atoms with E-state index < -0.39 is 0 Å². The van der Waals surface area contributed by atoms with E-state index in [9.17, 15) is 4.79 Å². The summed E-state index contributed by atoms with van der Waals surface area (Å²) in [4.78, 5) is 19.1. The number of nitrogens with one attached hydrogen (secondary N) is 1. The smallest absolute Gasteiger partial charge is 0.260 e. The monoisotopic (exact) mass is 229 g/mol. The number of nitrogens with zero attached hydrogens (tertiary/aromatic N) is 4. The van der Waals surface area contributed by atoms with Gasteiger partial charge in [-0.25, -0.2) is 10.4 Å².